The normalized spacial score (nSPS) is 16.8. The fourth-order valence-electron chi connectivity index (χ4n) is 3.99. The second-order valence-electron chi connectivity index (χ2n) is 9.09. The SMILES string of the molecule is NC(N)=NCCCC(N)C(=O)NC(CCCN=C(N)N)C(=O)N1CCCC1C(=O)NC(CCC(=O)O)C(=O)O. The van der Waals surface area contributed by atoms with Gasteiger partial charge in [0.15, 0.2) is 11.9 Å². The molecule has 0 bridgehead atoms. The molecule has 1 fully saturated rings. The van der Waals surface area contributed by atoms with E-state index in [-0.39, 0.29) is 57.2 Å². The number of nitrogens with two attached hydrogens (primary N) is 5. The molecular weight excluding hydrogens is 516 g/mol. The summed E-state index contributed by atoms with van der Waals surface area (Å²) in [6.45, 7) is 0.674. The van der Waals surface area contributed by atoms with Crippen molar-refractivity contribution in [1.29, 1.82) is 0 Å². The highest BCUT2D eigenvalue weighted by atomic mass is 16.4. The number of aliphatic imine (C=N–C) groups is 2. The van der Waals surface area contributed by atoms with Crippen molar-refractivity contribution < 1.29 is 34.2 Å². The first-order valence-corrected chi connectivity index (χ1v) is 12.6. The molecule has 1 rings (SSSR count). The molecule has 0 saturated carbocycles. The average molecular weight is 557 g/mol. The van der Waals surface area contributed by atoms with Crippen molar-refractivity contribution in [3.63, 3.8) is 0 Å². The summed E-state index contributed by atoms with van der Waals surface area (Å²) in [5.41, 5.74) is 27.2. The molecule has 0 aromatic rings. The Bertz CT molecular complexity index is 934. The first-order valence-electron chi connectivity index (χ1n) is 12.6. The third kappa shape index (κ3) is 12.3. The number of carboxylic acids is 2. The predicted molar refractivity (Wildman–Crippen MR) is 141 cm³/mol. The van der Waals surface area contributed by atoms with E-state index in [4.69, 9.17) is 33.8 Å². The van der Waals surface area contributed by atoms with Crippen LogP contribution in [-0.4, -0.2) is 100 Å². The number of guanidine groups is 2. The average Bonchev–Trinajstić information content (AvgIpc) is 3.35. The molecule has 4 atom stereocenters. The largest absolute Gasteiger partial charge is 0.481 e. The minimum atomic E-state index is -1.43. The van der Waals surface area contributed by atoms with Crippen LogP contribution < -0.4 is 39.3 Å². The molecule has 17 heteroatoms. The number of hydrogen-bond donors (Lipinski definition) is 9. The number of nitrogens with one attached hydrogen (secondary N) is 2. The Morgan fingerprint density at radius 2 is 1.46 bits per heavy atom. The maximum atomic E-state index is 13.5. The number of carbonyl (C=O) groups is 5. The monoisotopic (exact) mass is 556 g/mol. The minimum absolute atomic E-state index is 0.0831. The lowest BCUT2D eigenvalue weighted by Gasteiger charge is -2.30. The summed E-state index contributed by atoms with van der Waals surface area (Å²) in [4.78, 5) is 70.4. The molecule has 1 heterocycles. The topological polar surface area (TPSA) is 308 Å². The van der Waals surface area contributed by atoms with Crippen LogP contribution in [0.5, 0.6) is 0 Å². The first-order chi connectivity index (χ1) is 18.3. The van der Waals surface area contributed by atoms with Gasteiger partial charge in [-0.2, -0.15) is 0 Å². The molecular formula is C22H40N10O7. The Hall–Kier alpha value is -4.15. The lowest BCUT2D eigenvalue weighted by molar-refractivity contribution is -0.145. The van der Waals surface area contributed by atoms with E-state index >= 15 is 0 Å². The van der Waals surface area contributed by atoms with Crippen molar-refractivity contribution >= 4 is 41.6 Å². The van der Waals surface area contributed by atoms with Crippen LogP contribution in [0.3, 0.4) is 0 Å². The van der Waals surface area contributed by atoms with E-state index < -0.39 is 60.2 Å². The van der Waals surface area contributed by atoms with Crippen LogP contribution in [0, 0.1) is 0 Å². The maximum absolute atomic E-state index is 13.5. The van der Waals surface area contributed by atoms with Crippen molar-refractivity contribution in [3.8, 4) is 0 Å². The van der Waals surface area contributed by atoms with Crippen LogP contribution in [0.4, 0.5) is 0 Å². The molecule has 3 amide bonds. The van der Waals surface area contributed by atoms with Gasteiger partial charge in [-0.05, 0) is 44.9 Å². The summed E-state index contributed by atoms with van der Waals surface area (Å²) in [6, 6.07) is -4.42. The fourth-order valence-corrected chi connectivity index (χ4v) is 3.99. The third-order valence-electron chi connectivity index (χ3n) is 5.96. The summed E-state index contributed by atoms with van der Waals surface area (Å²) in [6.07, 6.45) is 1.11. The molecule has 0 radical (unpaired) electrons. The molecule has 17 nitrogen and oxygen atoms in total. The molecule has 0 aliphatic carbocycles. The van der Waals surface area contributed by atoms with Gasteiger partial charge < -0.3 is 54.4 Å². The van der Waals surface area contributed by atoms with Crippen LogP contribution in [0.15, 0.2) is 9.98 Å². The number of carbonyl (C=O) groups excluding carboxylic acids is 3. The van der Waals surface area contributed by atoms with Crippen molar-refractivity contribution in [1.82, 2.24) is 15.5 Å². The summed E-state index contributed by atoms with van der Waals surface area (Å²) >= 11 is 0. The van der Waals surface area contributed by atoms with Gasteiger partial charge in [0, 0.05) is 26.1 Å². The van der Waals surface area contributed by atoms with E-state index in [0.717, 1.165) is 0 Å². The number of aliphatic carboxylic acids is 2. The molecule has 0 aromatic carbocycles. The van der Waals surface area contributed by atoms with Crippen LogP contribution in [0.1, 0.15) is 51.4 Å². The van der Waals surface area contributed by atoms with Crippen LogP contribution in [0.2, 0.25) is 0 Å². The molecule has 220 valence electrons. The van der Waals surface area contributed by atoms with Crippen molar-refractivity contribution in [2.24, 2.45) is 38.7 Å². The van der Waals surface area contributed by atoms with Gasteiger partial charge in [0.05, 0.1) is 6.04 Å². The second kappa shape index (κ2) is 16.6. The molecule has 1 aliphatic heterocycles. The molecule has 1 aliphatic rings. The zero-order chi connectivity index (χ0) is 29.5. The molecule has 1 saturated heterocycles. The quantitative estimate of drug-likeness (QED) is 0.0475. The molecule has 4 unspecified atom stereocenters. The third-order valence-corrected chi connectivity index (χ3v) is 5.96. The molecule has 39 heavy (non-hydrogen) atoms. The Labute approximate surface area is 225 Å². The Kier molecular flexibility index (Phi) is 14.0. The number of nitrogens with zero attached hydrogens (tertiary/aromatic N) is 3. The van der Waals surface area contributed by atoms with E-state index in [2.05, 4.69) is 20.6 Å². The molecule has 14 N–H and O–H groups in total. The van der Waals surface area contributed by atoms with Gasteiger partial charge in [-0.1, -0.05) is 0 Å². The van der Waals surface area contributed by atoms with Crippen molar-refractivity contribution in [2.45, 2.75) is 75.5 Å². The van der Waals surface area contributed by atoms with Gasteiger partial charge in [-0.3, -0.25) is 29.2 Å². The summed E-state index contributed by atoms with van der Waals surface area (Å²) < 4.78 is 0. The van der Waals surface area contributed by atoms with Gasteiger partial charge >= 0.3 is 11.9 Å². The van der Waals surface area contributed by atoms with E-state index in [9.17, 15) is 29.1 Å². The van der Waals surface area contributed by atoms with Gasteiger partial charge in [0.1, 0.15) is 18.1 Å². The Morgan fingerprint density at radius 1 is 0.872 bits per heavy atom. The van der Waals surface area contributed by atoms with Crippen LogP contribution >= 0.6 is 0 Å². The molecule has 0 aromatic heterocycles. The Balaban J connectivity index is 2.95. The first kappa shape index (κ1) is 32.9. The number of carboxylic acid groups (broad SMARTS) is 2. The molecule has 0 spiro atoms. The second-order valence-corrected chi connectivity index (χ2v) is 9.09. The van der Waals surface area contributed by atoms with Gasteiger partial charge in [0.2, 0.25) is 17.7 Å². The Morgan fingerprint density at radius 3 is 2.00 bits per heavy atom. The maximum Gasteiger partial charge on any atom is 0.326 e. The van der Waals surface area contributed by atoms with E-state index in [1.807, 2.05) is 0 Å². The fraction of sp³-hybridized carbons (Fsp3) is 0.682. The summed E-state index contributed by atoms with van der Waals surface area (Å²) in [5, 5.41) is 23.2. The van der Waals surface area contributed by atoms with E-state index in [0.29, 0.717) is 19.3 Å². The lowest BCUT2D eigenvalue weighted by Crippen LogP contribution is -2.56. The van der Waals surface area contributed by atoms with Gasteiger partial charge in [-0.25, -0.2) is 4.79 Å². The van der Waals surface area contributed by atoms with E-state index in [1.54, 1.807) is 0 Å². The zero-order valence-corrected chi connectivity index (χ0v) is 21.8. The smallest absolute Gasteiger partial charge is 0.326 e. The van der Waals surface area contributed by atoms with Crippen LogP contribution in [0.25, 0.3) is 0 Å². The number of rotatable bonds is 17. The van der Waals surface area contributed by atoms with Crippen LogP contribution in [-0.2, 0) is 24.0 Å². The number of amides is 3. The standard InChI is InChI=1S/C22H40N10O7/c23-12(4-1-9-28-21(24)25)17(35)30-13(5-2-10-29-22(26)27)19(37)32-11-3-6-15(32)18(36)31-14(20(38)39)7-8-16(33)34/h12-15H,1-11,23H2,(H,30,35)(H,31,36)(H,33,34)(H,38,39)(H4,24,25,28)(H4,26,27,29). The highest BCUT2D eigenvalue weighted by molar-refractivity contribution is 5.94. The van der Waals surface area contributed by atoms with Crippen molar-refractivity contribution in [3.05, 3.63) is 0 Å². The zero-order valence-electron chi connectivity index (χ0n) is 21.8. The summed E-state index contributed by atoms with van der Waals surface area (Å²) in [7, 11) is 0. The number of hydrogen-bond acceptors (Lipinski definition) is 8. The number of likely N-dealkylation sites (tertiary alicyclic amines) is 1. The van der Waals surface area contributed by atoms with Gasteiger partial charge in [0.25, 0.3) is 0 Å². The predicted octanol–water partition coefficient (Wildman–Crippen LogP) is -3.67. The highest BCUT2D eigenvalue weighted by Crippen LogP contribution is 2.20. The highest BCUT2D eigenvalue weighted by Gasteiger charge is 2.39. The van der Waals surface area contributed by atoms with E-state index in [1.165, 1.54) is 4.90 Å². The van der Waals surface area contributed by atoms with Gasteiger partial charge in [-0.15, -0.1) is 0 Å². The lowest BCUT2D eigenvalue weighted by atomic mass is 10.1. The minimum Gasteiger partial charge on any atom is -0.481 e. The van der Waals surface area contributed by atoms with Crippen molar-refractivity contribution in [2.75, 3.05) is 19.6 Å². The summed E-state index contributed by atoms with van der Waals surface area (Å²) in [5.74, 6) is -4.66.